The molecule has 3 N–H and O–H groups in total. The summed E-state index contributed by atoms with van der Waals surface area (Å²) in [5.74, 6) is -1.94. The number of carbonyl (C=O) groups excluding carboxylic acids is 2. The topological polar surface area (TPSA) is 95.5 Å². The highest BCUT2D eigenvalue weighted by Gasteiger charge is 2.24. The summed E-state index contributed by atoms with van der Waals surface area (Å²) in [4.78, 5) is 39.6. The number of benzene rings is 4. The van der Waals surface area contributed by atoms with Crippen LogP contribution in [0.2, 0.25) is 0 Å². The second-order valence-corrected chi connectivity index (χ2v) is 9.50. The molecular formula is C29H26N2O4S. The second kappa shape index (κ2) is 11.6. The van der Waals surface area contributed by atoms with Crippen molar-refractivity contribution in [3.63, 3.8) is 0 Å². The van der Waals surface area contributed by atoms with Crippen molar-refractivity contribution in [2.75, 3.05) is 5.32 Å². The fourth-order valence-electron chi connectivity index (χ4n) is 3.81. The van der Waals surface area contributed by atoms with Gasteiger partial charge < -0.3 is 15.7 Å². The minimum Gasteiger partial charge on any atom is -0.481 e. The number of rotatable bonds is 9. The van der Waals surface area contributed by atoms with Crippen LogP contribution in [0.15, 0.2) is 101 Å². The summed E-state index contributed by atoms with van der Waals surface area (Å²) in [6.45, 7) is 2.02. The third kappa shape index (κ3) is 6.31. The molecule has 0 aliphatic rings. The van der Waals surface area contributed by atoms with E-state index >= 15 is 0 Å². The number of fused-ring (bicyclic) bond motifs is 1. The molecule has 1 unspecified atom stereocenters. The molecule has 6 nitrogen and oxygen atoms in total. The number of hydrogen-bond acceptors (Lipinski definition) is 4. The average molecular weight is 499 g/mol. The number of anilines is 1. The lowest BCUT2D eigenvalue weighted by atomic mass is 10.0. The van der Waals surface area contributed by atoms with E-state index in [4.69, 9.17) is 0 Å². The molecule has 4 rings (SSSR count). The summed E-state index contributed by atoms with van der Waals surface area (Å²) in [6, 6.07) is 27.3. The fourth-order valence-corrected chi connectivity index (χ4v) is 4.71. The molecule has 0 aromatic heterocycles. The van der Waals surface area contributed by atoms with Gasteiger partial charge in [0.15, 0.2) is 0 Å². The summed E-state index contributed by atoms with van der Waals surface area (Å²) >= 11 is 1.51. The highest BCUT2D eigenvalue weighted by molar-refractivity contribution is 7.99. The van der Waals surface area contributed by atoms with E-state index in [-0.39, 0.29) is 12.8 Å². The van der Waals surface area contributed by atoms with E-state index < -0.39 is 23.8 Å². The van der Waals surface area contributed by atoms with Crippen LogP contribution in [-0.4, -0.2) is 28.9 Å². The lowest BCUT2D eigenvalue weighted by Crippen LogP contribution is -2.44. The Kier molecular flexibility index (Phi) is 8.02. The van der Waals surface area contributed by atoms with Gasteiger partial charge in [-0.05, 0) is 54.4 Å². The first-order valence-corrected chi connectivity index (χ1v) is 12.4. The number of nitrogens with one attached hydrogen (secondary N) is 2. The number of para-hydroxylation sites is 1. The van der Waals surface area contributed by atoms with Gasteiger partial charge in [-0.15, -0.1) is 0 Å². The highest BCUT2D eigenvalue weighted by atomic mass is 32.2. The van der Waals surface area contributed by atoms with Crippen molar-refractivity contribution in [3.8, 4) is 0 Å². The number of amides is 2. The summed E-state index contributed by atoms with van der Waals surface area (Å²) in [5.41, 5.74) is 2.17. The number of aryl methyl sites for hydroxylation is 1. The van der Waals surface area contributed by atoms with Crippen LogP contribution in [0.5, 0.6) is 0 Å². The fraction of sp³-hybridized carbons (Fsp3) is 0.138. The molecule has 0 radical (unpaired) electrons. The Hall–Kier alpha value is -4.10. The number of aliphatic carboxylic acids is 1. The first kappa shape index (κ1) is 25.0. The molecule has 4 aromatic carbocycles. The molecule has 2 amide bonds. The van der Waals surface area contributed by atoms with Gasteiger partial charge in [0, 0.05) is 21.8 Å². The smallest absolute Gasteiger partial charge is 0.303 e. The molecule has 182 valence electrons. The normalized spacial score (nSPS) is 11.6. The van der Waals surface area contributed by atoms with Crippen molar-refractivity contribution in [2.45, 2.75) is 35.6 Å². The monoisotopic (exact) mass is 498 g/mol. The molecule has 7 heteroatoms. The van der Waals surface area contributed by atoms with Gasteiger partial charge in [-0.2, -0.15) is 0 Å². The summed E-state index contributed by atoms with van der Waals surface area (Å²) in [5, 5.41) is 16.5. The minimum absolute atomic E-state index is 0.0368. The van der Waals surface area contributed by atoms with Crippen molar-refractivity contribution in [2.24, 2.45) is 0 Å². The van der Waals surface area contributed by atoms with Crippen LogP contribution in [0.1, 0.15) is 28.8 Å². The standard InChI is InChI=1S/C29H26N2O4S/c1-19-13-15-21(16-14-19)36-26-12-5-4-11-24(26)30-29(35)25(17-18-27(32)33)31-28(34)23-10-6-8-20-7-2-3-9-22(20)23/h2-16,25H,17-18H2,1H3,(H,30,35)(H,31,34)(H,32,33). The zero-order valence-corrected chi connectivity index (χ0v) is 20.5. The van der Waals surface area contributed by atoms with E-state index in [0.717, 1.165) is 26.1 Å². The van der Waals surface area contributed by atoms with Crippen molar-refractivity contribution in [3.05, 3.63) is 102 Å². The quantitative estimate of drug-likeness (QED) is 0.267. The number of carboxylic acids is 1. The molecular weight excluding hydrogens is 472 g/mol. The van der Waals surface area contributed by atoms with Crippen LogP contribution in [0, 0.1) is 6.92 Å². The summed E-state index contributed by atoms with van der Waals surface area (Å²) in [6.07, 6.45) is -0.293. The van der Waals surface area contributed by atoms with E-state index in [1.807, 2.05) is 79.7 Å². The second-order valence-electron chi connectivity index (χ2n) is 8.39. The van der Waals surface area contributed by atoms with Gasteiger partial charge in [0.1, 0.15) is 6.04 Å². The number of carbonyl (C=O) groups is 3. The third-order valence-corrected chi connectivity index (χ3v) is 6.78. The maximum atomic E-state index is 13.3. The highest BCUT2D eigenvalue weighted by Crippen LogP contribution is 2.33. The molecule has 0 saturated carbocycles. The van der Waals surface area contributed by atoms with Crippen LogP contribution in [0.3, 0.4) is 0 Å². The SMILES string of the molecule is Cc1ccc(Sc2ccccc2NC(=O)C(CCC(=O)O)NC(=O)c2cccc3ccccc23)cc1. The minimum atomic E-state index is -1.04. The van der Waals surface area contributed by atoms with Gasteiger partial charge in [-0.1, -0.05) is 78.0 Å². The molecule has 0 spiro atoms. The van der Waals surface area contributed by atoms with Gasteiger partial charge in [-0.3, -0.25) is 14.4 Å². The molecule has 0 heterocycles. The zero-order valence-electron chi connectivity index (χ0n) is 19.7. The first-order chi connectivity index (χ1) is 17.4. The first-order valence-electron chi connectivity index (χ1n) is 11.6. The number of carboxylic acid groups (broad SMARTS) is 1. The molecule has 0 aliphatic heterocycles. The van der Waals surface area contributed by atoms with E-state index in [9.17, 15) is 19.5 Å². The van der Waals surface area contributed by atoms with Gasteiger partial charge in [0.05, 0.1) is 5.69 Å². The molecule has 4 aromatic rings. The average Bonchev–Trinajstić information content (AvgIpc) is 2.88. The Labute approximate surface area is 213 Å². The van der Waals surface area contributed by atoms with Crippen molar-refractivity contribution in [1.29, 1.82) is 0 Å². The van der Waals surface area contributed by atoms with Crippen molar-refractivity contribution in [1.82, 2.24) is 5.32 Å². The Morgan fingerprint density at radius 2 is 1.56 bits per heavy atom. The molecule has 0 fully saturated rings. The van der Waals surface area contributed by atoms with Crippen LogP contribution < -0.4 is 10.6 Å². The Bertz CT molecular complexity index is 1400. The Morgan fingerprint density at radius 3 is 2.33 bits per heavy atom. The van der Waals surface area contributed by atoms with Gasteiger partial charge >= 0.3 is 5.97 Å². The predicted molar refractivity (Wildman–Crippen MR) is 142 cm³/mol. The van der Waals surface area contributed by atoms with E-state index in [1.165, 1.54) is 11.8 Å². The van der Waals surface area contributed by atoms with E-state index in [1.54, 1.807) is 18.2 Å². The Morgan fingerprint density at radius 1 is 0.861 bits per heavy atom. The van der Waals surface area contributed by atoms with Crippen LogP contribution in [0.25, 0.3) is 10.8 Å². The number of hydrogen-bond donors (Lipinski definition) is 3. The molecule has 36 heavy (non-hydrogen) atoms. The maximum absolute atomic E-state index is 13.3. The van der Waals surface area contributed by atoms with Crippen LogP contribution >= 0.6 is 11.8 Å². The Balaban J connectivity index is 1.54. The van der Waals surface area contributed by atoms with Crippen molar-refractivity contribution < 1.29 is 19.5 Å². The maximum Gasteiger partial charge on any atom is 0.303 e. The van der Waals surface area contributed by atoms with Gasteiger partial charge in [0.25, 0.3) is 5.91 Å². The third-order valence-electron chi connectivity index (χ3n) is 5.70. The lowest BCUT2D eigenvalue weighted by Gasteiger charge is -2.19. The van der Waals surface area contributed by atoms with Gasteiger partial charge in [-0.25, -0.2) is 0 Å². The van der Waals surface area contributed by atoms with Crippen LogP contribution in [-0.2, 0) is 9.59 Å². The predicted octanol–water partition coefficient (Wildman–Crippen LogP) is 5.90. The molecule has 0 saturated heterocycles. The van der Waals surface area contributed by atoms with E-state index in [0.29, 0.717) is 11.3 Å². The van der Waals surface area contributed by atoms with Gasteiger partial charge in [0.2, 0.25) is 5.91 Å². The lowest BCUT2D eigenvalue weighted by molar-refractivity contribution is -0.137. The molecule has 1 atom stereocenters. The van der Waals surface area contributed by atoms with E-state index in [2.05, 4.69) is 10.6 Å². The van der Waals surface area contributed by atoms with Crippen LogP contribution in [0.4, 0.5) is 5.69 Å². The zero-order chi connectivity index (χ0) is 25.5. The summed E-state index contributed by atoms with van der Waals surface area (Å²) < 4.78 is 0. The molecule has 0 bridgehead atoms. The summed E-state index contributed by atoms with van der Waals surface area (Å²) in [7, 11) is 0. The largest absolute Gasteiger partial charge is 0.481 e. The molecule has 0 aliphatic carbocycles. The van der Waals surface area contributed by atoms with Crippen molar-refractivity contribution >= 4 is 46.0 Å².